The van der Waals surface area contributed by atoms with Crippen molar-refractivity contribution in [3.63, 3.8) is 0 Å². The van der Waals surface area contributed by atoms with Crippen LogP contribution in [0.2, 0.25) is 0 Å². The highest BCUT2D eigenvalue weighted by atomic mass is 16.6. The molecule has 0 saturated heterocycles. The Morgan fingerprint density at radius 3 is 2.79 bits per heavy atom. The molecule has 0 spiro atoms. The number of hydrogen-bond donors (Lipinski definition) is 2. The van der Waals surface area contributed by atoms with Gasteiger partial charge in [0.1, 0.15) is 0 Å². The van der Waals surface area contributed by atoms with Crippen molar-refractivity contribution in [2.45, 2.75) is 6.92 Å². The zero-order valence-electron chi connectivity index (χ0n) is 12.8. The summed E-state index contributed by atoms with van der Waals surface area (Å²) in [6.45, 7) is 2.19. The van der Waals surface area contributed by atoms with Crippen LogP contribution in [0.1, 0.15) is 18.1 Å². The van der Waals surface area contributed by atoms with Gasteiger partial charge in [-0.25, -0.2) is 0 Å². The average molecular weight is 326 g/mol. The number of rotatable bonds is 4. The summed E-state index contributed by atoms with van der Waals surface area (Å²) in [5.74, 6) is -0.0213. The number of phenols is 1. The Morgan fingerprint density at radius 2 is 2.08 bits per heavy atom. The minimum atomic E-state index is -0.506. The zero-order chi connectivity index (χ0) is 17.3. The first-order valence-corrected chi connectivity index (χ1v) is 7.27. The molecular formula is C17H14N2O5. The van der Waals surface area contributed by atoms with Crippen LogP contribution in [0.3, 0.4) is 0 Å². The smallest absolute Gasteiger partial charge is 0.270 e. The second-order valence-corrected chi connectivity index (χ2v) is 5.16. The number of non-ortho nitro benzene ring substituents is 1. The van der Waals surface area contributed by atoms with E-state index in [0.717, 1.165) is 0 Å². The van der Waals surface area contributed by atoms with Crippen molar-refractivity contribution in [1.82, 2.24) is 0 Å². The van der Waals surface area contributed by atoms with Gasteiger partial charge < -0.3 is 15.2 Å². The normalized spacial score (nSPS) is 14.4. The molecule has 3 rings (SSSR count). The number of anilines is 1. The van der Waals surface area contributed by atoms with Gasteiger partial charge in [0, 0.05) is 29.0 Å². The standard InChI is InChI=1S/C17H14N2O5/c1-2-24-16-8-10(3-6-15(16)20)7-13-12-9-11(19(22)23)4-5-14(12)18-17(13)21/h3-9,20H,2H2,1H3,(H,18,21)/b13-7-. The van der Waals surface area contributed by atoms with Crippen molar-refractivity contribution in [1.29, 1.82) is 0 Å². The third kappa shape index (κ3) is 2.79. The van der Waals surface area contributed by atoms with Crippen LogP contribution < -0.4 is 10.1 Å². The fraction of sp³-hybridized carbons (Fsp3) is 0.118. The van der Waals surface area contributed by atoms with Gasteiger partial charge in [-0.05, 0) is 36.8 Å². The van der Waals surface area contributed by atoms with Crippen molar-refractivity contribution in [3.05, 3.63) is 57.6 Å². The molecule has 0 aromatic heterocycles. The third-order valence-corrected chi connectivity index (χ3v) is 3.59. The lowest BCUT2D eigenvalue weighted by atomic mass is 10.0. The summed E-state index contributed by atoms with van der Waals surface area (Å²) in [5, 5.41) is 23.3. The van der Waals surface area contributed by atoms with E-state index in [-0.39, 0.29) is 17.3 Å². The van der Waals surface area contributed by atoms with Gasteiger partial charge in [0.25, 0.3) is 11.6 Å². The molecule has 1 aliphatic rings. The monoisotopic (exact) mass is 326 g/mol. The first kappa shape index (κ1) is 15.5. The van der Waals surface area contributed by atoms with Gasteiger partial charge in [0.05, 0.1) is 11.5 Å². The molecule has 24 heavy (non-hydrogen) atoms. The number of benzene rings is 2. The fourth-order valence-corrected chi connectivity index (χ4v) is 2.49. The molecular weight excluding hydrogens is 312 g/mol. The number of phenolic OH excluding ortho intramolecular Hbond substituents is 1. The largest absolute Gasteiger partial charge is 0.504 e. The van der Waals surface area contributed by atoms with Crippen molar-refractivity contribution in [3.8, 4) is 11.5 Å². The molecule has 1 aliphatic heterocycles. The Morgan fingerprint density at radius 1 is 1.29 bits per heavy atom. The predicted molar refractivity (Wildman–Crippen MR) is 88.9 cm³/mol. The lowest BCUT2D eigenvalue weighted by Gasteiger charge is -2.06. The van der Waals surface area contributed by atoms with Crippen LogP contribution in [0, 0.1) is 10.1 Å². The number of nitro groups is 1. The lowest BCUT2D eigenvalue weighted by molar-refractivity contribution is -0.384. The number of ether oxygens (including phenoxy) is 1. The number of nitro benzene ring substituents is 1. The topological polar surface area (TPSA) is 102 Å². The number of nitrogens with zero attached hydrogens (tertiary/aromatic N) is 1. The summed E-state index contributed by atoms with van der Waals surface area (Å²) in [6.07, 6.45) is 1.60. The van der Waals surface area contributed by atoms with Crippen molar-refractivity contribution in [2.24, 2.45) is 0 Å². The van der Waals surface area contributed by atoms with Gasteiger partial charge in [0.15, 0.2) is 11.5 Å². The molecule has 0 fully saturated rings. The highest BCUT2D eigenvalue weighted by Crippen LogP contribution is 2.36. The van der Waals surface area contributed by atoms with Gasteiger partial charge >= 0.3 is 0 Å². The zero-order valence-corrected chi connectivity index (χ0v) is 12.8. The third-order valence-electron chi connectivity index (χ3n) is 3.59. The summed E-state index contributed by atoms with van der Waals surface area (Å²) in [7, 11) is 0. The number of hydrogen-bond acceptors (Lipinski definition) is 5. The number of carbonyl (C=O) groups is 1. The van der Waals surface area contributed by atoms with Crippen molar-refractivity contribution in [2.75, 3.05) is 11.9 Å². The molecule has 2 aromatic carbocycles. The first-order chi connectivity index (χ1) is 11.5. The van der Waals surface area contributed by atoms with Gasteiger partial charge in [-0.1, -0.05) is 6.07 Å². The van der Waals surface area contributed by atoms with E-state index in [1.54, 1.807) is 25.1 Å². The van der Waals surface area contributed by atoms with Crippen molar-refractivity contribution >= 4 is 28.9 Å². The van der Waals surface area contributed by atoms with E-state index in [1.165, 1.54) is 24.3 Å². The maximum absolute atomic E-state index is 12.2. The molecule has 1 amide bonds. The molecule has 2 aromatic rings. The number of carbonyl (C=O) groups excluding carboxylic acids is 1. The second kappa shape index (κ2) is 6.04. The molecule has 0 unspecified atom stereocenters. The molecule has 7 nitrogen and oxygen atoms in total. The van der Waals surface area contributed by atoms with Crippen LogP contribution in [0.5, 0.6) is 11.5 Å². The Balaban J connectivity index is 2.06. The maximum Gasteiger partial charge on any atom is 0.270 e. The van der Waals surface area contributed by atoms with Gasteiger partial charge in [-0.15, -0.1) is 0 Å². The molecule has 2 N–H and O–H groups in total. The molecule has 0 bridgehead atoms. The fourth-order valence-electron chi connectivity index (χ4n) is 2.49. The number of aromatic hydroxyl groups is 1. The number of nitrogens with one attached hydrogen (secondary N) is 1. The Labute approximate surface area is 137 Å². The van der Waals surface area contributed by atoms with Gasteiger partial charge in [-0.3, -0.25) is 14.9 Å². The molecule has 0 radical (unpaired) electrons. The van der Waals surface area contributed by atoms with Crippen LogP contribution >= 0.6 is 0 Å². The van der Waals surface area contributed by atoms with Crippen LogP contribution in [0.15, 0.2) is 36.4 Å². The SMILES string of the molecule is CCOc1cc(/C=C2\C(=O)Nc3ccc([N+](=O)[O-])cc32)ccc1O. The van der Waals surface area contributed by atoms with E-state index in [2.05, 4.69) is 5.32 Å². The highest BCUT2D eigenvalue weighted by molar-refractivity contribution is 6.35. The minimum Gasteiger partial charge on any atom is -0.504 e. The molecule has 0 saturated carbocycles. The first-order valence-electron chi connectivity index (χ1n) is 7.27. The number of amides is 1. The average Bonchev–Trinajstić information content (AvgIpc) is 2.86. The molecule has 0 aliphatic carbocycles. The van der Waals surface area contributed by atoms with E-state index < -0.39 is 4.92 Å². The van der Waals surface area contributed by atoms with Crippen molar-refractivity contribution < 1.29 is 19.6 Å². The number of fused-ring (bicyclic) bond motifs is 1. The Hall–Kier alpha value is -3.35. The quantitative estimate of drug-likeness (QED) is 0.510. The molecule has 1 heterocycles. The Bertz CT molecular complexity index is 873. The Kier molecular flexibility index (Phi) is 3.91. The van der Waals surface area contributed by atoms with Gasteiger partial charge in [-0.2, -0.15) is 0 Å². The summed E-state index contributed by atoms with van der Waals surface area (Å²) in [4.78, 5) is 22.6. The molecule has 122 valence electrons. The summed E-state index contributed by atoms with van der Waals surface area (Å²) in [5.41, 5.74) is 1.88. The highest BCUT2D eigenvalue weighted by Gasteiger charge is 2.26. The molecule has 7 heteroatoms. The van der Waals surface area contributed by atoms with E-state index in [0.29, 0.717) is 34.7 Å². The second-order valence-electron chi connectivity index (χ2n) is 5.16. The van der Waals surface area contributed by atoms with Crippen LogP contribution in [-0.2, 0) is 4.79 Å². The van der Waals surface area contributed by atoms with Crippen LogP contribution in [0.25, 0.3) is 11.6 Å². The van der Waals surface area contributed by atoms with E-state index in [9.17, 15) is 20.0 Å². The summed E-state index contributed by atoms with van der Waals surface area (Å²) >= 11 is 0. The maximum atomic E-state index is 12.2. The van der Waals surface area contributed by atoms with E-state index in [4.69, 9.17) is 4.74 Å². The van der Waals surface area contributed by atoms with Gasteiger partial charge in [0.2, 0.25) is 0 Å². The molecule has 0 atom stereocenters. The lowest BCUT2D eigenvalue weighted by Crippen LogP contribution is -2.03. The van der Waals surface area contributed by atoms with Crippen LogP contribution in [0.4, 0.5) is 11.4 Å². The van der Waals surface area contributed by atoms with Crippen LogP contribution in [-0.4, -0.2) is 22.5 Å². The van der Waals surface area contributed by atoms with E-state index in [1.807, 2.05) is 0 Å². The summed E-state index contributed by atoms with van der Waals surface area (Å²) in [6, 6.07) is 8.92. The summed E-state index contributed by atoms with van der Waals surface area (Å²) < 4.78 is 5.32. The predicted octanol–water partition coefficient (Wildman–Crippen LogP) is 3.19. The minimum absolute atomic E-state index is 0.00547. The van der Waals surface area contributed by atoms with E-state index >= 15 is 0 Å².